The van der Waals surface area contributed by atoms with Gasteiger partial charge in [-0.25, -0.2) is 0 Å². The number of carbonyl (C=O) groups is 2. The second kappa shape index (κ2) is 2.24. The molecule has 19 heavy (non-hydrogen) atoms. The van der Waals surface area contributed by atoms with Crippen LogP contribution in [-0.2, 0) is 19.1 Å². The maximum Gasteiger partial charge on any atom is 0.199 e. The summed E-state index contributed by atoms with van der Waals surface area (Å²) >= 11 is 0. The van der Waals surface area contributed by atoms with Gasteiger partial charge in [0.25, 0.3) is 0 Å². The molecule has 100 valence electrons. The predicted molar refractivity (Wildman–Crippen MR) is 61.2 cm³/mol. The van der Waals surface area contributed by atoms with Crippen LogP contribution < -0.4 is 0 Å². The van der Waals surface area contributed by atoms with Crippen LogP contribution in [0.3, 0.4) is 0 Å². The van der Waals surface area contributed by atoms with Crippen LogP contribution in [0.15, 0.2) is 12.2 Å². The Labute approximate surface area is 109 Å². The normalized spacial score (nSPS) is 67.7. The number of epoxide rings is 2. The molecule has 5 rings (SSSR count). The van der Waals surface area contributed by atoms with Crippen LogP contribution in [0.25, 0.3) is 0 Å². The van der Waals surface area contributed by atoms with Crippen LogP contribution in [-0.4, -0.2) is 45.7 Å². The van der Waals surface area contributed by atoms with Crippen molar-refractivity contribution < 1.29 is 24.2 Å². The van der Waals surface area contributed by atoms with Crippen molar-refractivity contribution in [2.24, 2.45) is 11.3 Å². The number of hydrogen-bond donors (Lipinski definition) is 1. The Hall–Kier alpha value is -1.04. The Morgan fingerprint density at radius 1 is 1.32 bits per heavy atom. The molecule has 5 fully saturated rings. The van der Waals surface area contributed by atoms with Crippen molar-refractivity contribution in [3.63, 3.8) is 0 Å². The molecule has 0 aromatic rings. The molecule has 2 aliphatic heterocycles. The van der Waals surface area contributed by atoms with Gasteiger partial charge in [-0.1, -0.05) is 6.58 Å². The first-order chi connectivity index (χ1) is 8.75. The molecular formula is C14H14O5. The topological polar surface area (TPSA) is 79.4 Å². The third-order valence-electron chi connectivity index (χ3n) is 6.52. The molecule has 3 aliphatic carbocycles. The van der Waals surface area contributed by atoms with E-state index in [2.05, 4.69) is 6.58 Å². The van der Waals surface area contributed by atoms with Crippen LogP contribution in [0.1, 0.15) is 20.3 Å². The molecule has 5 heteroatoms. The third kappa shape index (κ3) is 0.658. The number of carbonyl (C=O) groups excluding carboxylic acids is 2. The van der Waals surface area contributed by atoms with Crippen molar-refractivity contribution in [1.82, 2.24) is 0 Å². The van der Waals surface area contributed by atoms with E-state index in [1.807, 2.05) is 0 Å². The Morgan fingerprint density at radius 3 is 2.68 bits per heavy atom. The lowest BCUT2D eigenvalue weighted by molar-refractivity contribution is -0.158. The number of fused-ring (bicyclic) bond motifs is 4. The Kier molecular flexibility index (Phi) is 1.26. The first kappa shape index (κ1) is 10.7. The molecule has 5 aliphatic rings. The molecular weight excluding hydrogens is 248 g/mol. The fraction of sp³-hybridized carbons (Fsp3) is 0.714. The zero-order chi connectivity index (χ0) is 13.6. The molecule has 0 aromatic carbocycles. The highest BCUT2D eigenvalue weighted by atomic mass is 16.6. The summed E-state index contributed by atoms with van der Waals surface area (Å²) in [7, 11) is 0. The average molecular weight is 262 g/mol. The molecule has 0 aromatic heterocycles. The van der Waals surface area contributed by atoms with Crippen molar-refractivity contribution >= 4 is 11.6 Å². The predicted octanol–water partition coefficient (Wildman–Crippen LogP) is -0.240. The van der Waals surface area contributed by atoms with E-state index < -0.39 is 28.3 Å². The van der Waals surface area contributed by atoms with Crippen molar-refractivity contribution in [3.8, 4) is 0 Å². The fourth-order valence-electron chi connectivity index (χ4n) is 5.22. The van der Waals surface area contributed by atoms with Gasteiger partial charge in [0.1, 0.15) is 17.3 Å². The van der Waals surface area contributed by atoms with Crippen LogP contribution in [0.5, 0.6) is 0 Å². The number of hydrogen-bond acceptors (Lipinski definition) is 5. The second-order valence-electron chi connectivity index (χ2n) is 6.91. The maximum absolute atomic E-state index is 12.6. The lowest BCUT2D eigenvalue weighted by Gasteiger charge is -2.40. The second-order valence-corrected chi connectivity index (χ2v) is 6.91. The van der Waals surface area contributed by atoms with Crippen LogP contribution in [0, 0.1) is 11.3 Å². The van der Waals surface area contributed by atoms with Crippen molar-refractivity contribution in [2.45, 2.75) is 49.3 Å². The SMILES string of the molecule is C=C1C(=O)[C@H]2O[C@]23C[C@H]2[C@H]4O[C@@]4(C)C(=O)[C@@]2(O)[C@]13C. The molecule has 3 saturated carbocycles. The minimum absolute atomic E-state index is 0.159. The van der Waals surface area contributed by atoms with Gasteiger partial charge in [0.2, 0.25) is 0 Å². The monoisotopic (exact) mass is 262 g/mol. The van der Waals surface area contributed by atoms with Crippen molar-refractivity contribution in [2.75, 3.05) is 0 Å². The van der Waals surface area contributed by atoms with Gasteiger partial charge in [-0.3, -0.25) is 9.59 Å². The van der Waals surface area contributed by atoms with E-state index >= 15 is 0 Å². The molecule has 0 bridgehead atoms. The summed E-state index contributed by atoms with van der Waals surface area (Å²) in [6.07, 6.45) is -0.256. The lowest BCUT2D eigenvalue weighted by Crippen LogP contribution is -2.57. The molecule has 1 N–H and O–H groups in total. The molecule has 0 amide bonds. The highest BCUT2D eigenvalue weighted by molar-refractivity contribution is 6.12. The Bertz CT molecular complexity index is 625. The average Bonchev–Trinajstić information content (AvgIpc) is 3.21. The van der Waals surface area contributed by atoms with E-state index in [-0.39, 0.29) is 23.6 Å². The molecule has 2 heterocycles. The van der Waals surface area contributed by atoms with Gasteiger partial charge in [0.05, 0.1) is 5.41 Å². The molecule has 1 spiro atoms. The first-order valence-corrected chi connectivity index (χ1v) is 6.61. The van der Waals surface area contributed by atoms with E-state index in [4.69, 9.17) is 9.47 Å². The number of ether oxygens (including phenoxy) is 2. The Balaban J connectivity index is 1.78. The van der Waals surface area contributed by atoms with Crippen LogP contribution in [0.4, 0.5) is 0 Å². The third-order valence-corrected chi connectivity index (χ3v) is 6.52. The molecule has 2 saturated heterocycles. The quantitative estimate of drug-likeness (QED) is 0.481. The smallest absolute Gasteiger partial charge is 0.199 e. The maximum atomic E-state index is 12.6. The van der Waals surface area contributed by atoms with Crippen LogP contribution in [0.2, 0.25) is 0 Å². The van der Waals surface area contributed by atoms with E-state index in [1.165, 1.54) is 0 Å². The highest BCUT2D eigenvalue weighted by Gasteiger charge is 2.95. The fourth-order valence-corrected chi connectivity index (χ4v) is 5.22. The van der Waals surface area contributed by atoms with Crippen molar-refractivity contribution in [3.05, 3.63) is 12.2 Å². The summed E-state index contributed by atoms with van der Waals surface area (Å²) in [5.74, 6) is -0.752. The standard InChI is InChI=1S/C14H14O5/c1-5-7(15)9-13(19-9)4-6-8-11(2,18-8)10(16)14(6,17)12(5,13)3/h6,8-9,17H,1,4H2,2-3H3/t6-,8+,9+,11+,12+,13+,14+/m0/s1. The van der Waals surface area contributed by atoms with Gasteiger partial charge in [0, 0.05) is 11.5 Å². The summed E-state index contributed by atoms with van der Waals surface area (Å²) in [5.41, 5.74) is -3.82. The van der Waals surface area contributed by atoms with E-state index in [1.54, 1.807) is 13.8 Å². The lowest BCUT2D eigenvalue weighted by atomic mass is 9.66. The molecule has 0 unspecified atom stereocenters. The molecule has 0 radical (unpaired) electrons. The summed E-state index contributed by atoms with van der Waals surface area (Å²) in [5, 5.41) is 11.2. The number of rotatable bonds is 0. The minimum Gasteiger partial charge on any atom is -0.380 e. The zero-order valence-electron chi connectivity index (χ0n) is 10.7. The Morgan fingerprint density at radius 2 is 2.00 bits per heavy atom. The van der Waals surface area contributed by atoms with E-state index in [9.17, 15) is 14.7 Å². The van der Waals surface area contributed by atoms with Gasteiger partial charge in [-0.15, -0.1) is 0 Å². The highest BCUT2D eigenvalue weighted by Crippen LogP contribution is 2.79. The van der Waals surface area contributed by atoms with Gasteiger partial charge in [-0.2, -0.15) is 0 Å². The number of aliphatic hydroxyl groups is 1. The van der Waals surface area contributed by atoms with Gasteiger partial charge >= 0.3 is 0 Å². The largest absolute Gasteiger partial charge is 0.380 e. The van der Waals surface area contributed by atoms with Gasteiger partial charge in [-0.05, 0) is 20.3 Å². The summed E-state index contributed by atoms with van der Waals surface area (Å²) in [6.45, 7) is 7.32. The summed E-state index contributed by atoms with van der Waals surface area (Å²) < 4.78 is 11.1. The number of Topliss-reactive ketones (excluding diaryl/α,β-unsaturated/α-hetero) is 2. The van der Waals surface area contributed by atoms with Crippen LogP contribution >= 0.6 is 0 Å². The van der Waals surface area contributed by atoms with Gasteiger partial charge < -0.3 is 14.6 Å². The summed E-state index contributed by atoms with van der Waals surface area (Å²) in [4.78, 5) is 24.7. The van der Waals surface area contributed by atoms with Crippen molar-refractivity contribution in [1.29, 1.82) is 0 Å². The van der Waals surface area contributed by atoms with E-state index in [0.717, 1.165) is 0 Å². The van der Waals surface area contributed by atoms with Gasteiger partial charge in [0.15, 0.2) is 23.3 Å². The minimum atomic E-state index is -1.57. The first-order valence-electron chi connectivity index (χ1n) is 6.61. The molecule has 7 atom stereocenters. The number of ketones is 2. The zero-order valence-corrected chi connectivity index (χ0v) is 10.7. The molecule has 5 nitrogen and oxygen atoms in total. The summed E-state index contributed by atoms with van der Waals surface area (Å²) in [6, 6.07) is 0. The van der Waals surface area contributed by atoms with E-state index in [0.29, 0.717) is 12.0 Å².